The first-order valence-corrected chi connectivity index (χ1v) is 6.87. The van der Waals surface area contributed by atoms with Crippen molar-refractivity contribution in [3.63, 3.8) is 0 Å². The van der Waals surface area contributed by atoms with Gasteiger partial charge in [-0.3, -0.25) is 0 Å². The van der Waals surface area contributed by atoms with Gasteiger partial charge in [0.25, 0.3) is 0 Å². The summed E-state index contributed by atoms with van der Waals surface area (Å²) in [6, 6.07) is 7.76. The van der Waals surface area contributed by atoms with E-state index in [-0.39, 0.29) is 0 Å². The third-order valence-corrected chi connectivity index (χ3v) is 3.21. The monoisotopic (exact) mass is 269 g/mol. The molecule has 100 valence electrons. The van der Waals surface area contributed by atoms with E-state index < -0.39 is 0 Å². The van der Waals surface area contributed by atoms with Crippen LogP contribution in [0.4, 0.5) is 0 Å². The van der Waals surface area contributed by atoms with Gasteiger partial charge >= 0.3 is 0 Å². The van der Waals surface area contributed by atoms with E-state index in [1.165, 1.54) is 12.8 Å². The second-order valence-corrected chi connectivity index (χ2v) is 4.96. The van der Waals surface area contributed by atoms with Crippen LogP contribution in [0.3, 0.4) is 0 Å². The maximum Gasteiger partial charge on any atom is 0.0718 e. The quantitative estimate of drug-likeness (QED) is 0.772. The molecule has 0 aliphatic carbocycles. The van der Waals surface area contributed by atoms with Crippen molar-refractivity contribution in [3.8, 4) is 0 Å². The Hall–Kier alpha value is -0.610. The second kappa shape index (κ2) is 7.74. The summed E-state index contributed by atoms with van der Waals surface area (Å²) in [7, 11) is 0. The maximum atomic E-state index is 5.90. The SMILES string of the molecule is Clc1cccc(COCCNCC2CCCO2)c1. The molecule has 1 unspecified atom stereocenters. The number of nitrogens with one attached hydrogen (secondary N) is 1. The Balaban J connectivity index is 1.50. The molecule has 0 amide bonds. The van der Waals surface area contributed by atoms with Crippen LogP contribution in [-0.4, -0.2) is 32.4 Å². The smallest absolute Gasteiger partial charge is 0.0718 e. The van der Waals surface area contributed by atoms with Crippen LogP contribution >= 0.6 is 11.6 Å². The Morgan fingerprint density at radius 3 is 3.17 bits per heavy atom. The van der Waals surface area contributed by atoms with Gasteiger partial charge in [-0.2, -0.15) is 0 Å². The Morgan fingerprint density at radius 2 is 2.39 bits per heavy atom. The number of ether oxygens (including phenoxy) is 2. The molecule has 0 radical (unpaired) electrons. The van der Waals surface area contributed by atoms with Gasteiger partial charge in [-0.1, -0.05) is 23.7 Å². The van der Waals surface area contributed by atoms with Crippen molar-refractivity contribution in [3.05, 3.63) is 34.9 Å². The van der Waals surface area contributed by atoms with Gasteiger partial charge in [-0.25, -0.2) is 0 Å². The number of hydrogen-bond acceptors (Lipinski definition) is 3. The van der Waals surface area contributed by atoms with E-state index in [4.69, 9.17) is 21.1 Å². The highest BCUT2D eigenvalue weighted by Gasteiger charge is 2.13. The van der Waals surface area contributed by atoms with Crippen LogP contribution in [0, 0.1) is 0 Å². The minimum absolute atomic E-state index is 0.401. The average molecular weight is 270 g/mol. The Morgan fingerprint density at radius 1 is 1.44 bits per heavy atom. The topological polar surface area (TPSA) is 30.5 Å². The van der Waals surface area contributed by atoms with Crippen molar-refractivity contribution >= 4 is 11.6 Å². The molecule has 0 spiro atoms. The Kier molecular flexibility index (Phi) is 5.94. The summed E-state index contributed by atoms with van der Waals surface area (Å²) in [5, 5.41) is 4.11. The molecule has 1 N–H and O–H groups in total. The molecular weight excluding hydrogens is 250 g/mol. The van der Waals surface area contributed by atoms with Crippen molar-refractivity contribution in [1.82, 2.24) is 5.32 Å². The normalized spacial score (nSPS) is 19.3. The van der Waals surface area contributed by atoms with Gasteiger partial charge in [-0.05, 0) is 30.5 Å². The predicted octanol–water partition coefficient (Wildman–Crippen LogP) is 2.63. The zero-order chi connectivity index (χ0) is 12.6. The molecule has 1 aromatic carbocycles. The van der Waals surface area contributed by atoms with Crippen LogP contribution in [0.15, 0.2) is 24.3 Å². The fraction of sp³-hybridized carbons (Fsp3) is 0.571. The van der Waals surface area contributed by atoms with Crippen LogP contribution in [0.25, 0.3) is 0 Å². The molecule has 1 atom stereocenters. The van der Waals surface area contributed by atoms with Crippen LogP contribution < -0.4 is 5.32 Å². The van der Waals surface area contributed by atoms with E-state index in [1.807, 2.05) is 24.3 Å². The van der Waals surface area contributed by atoms with E-state index in [1.54, 1.807) is 0 Å². The van der Waals surface area contributed by atoms with Gasteiger partial charge in [-0.15, -0.1) is 0 Å². The molecule has 0 saturated carbocycles. The zero-order valence-electron chi connectivity index (χ0n) is 10.5. The van der Waals surface area contributed by atoms with Gasteiger partial charge in [0.15, 0.2) is 0 Å². The van der Waals surface area contributed by atoms with Crippen molar-refractivity contribution < 1.29 is 9.47 Å². The minimum Gasteiger partial charge on any atom is -0.377 e. The molecule has 1 aromatic rings. The lowest BCUT2D eigenvalue weighted by Crippen LogP contribution is -2.29. The lowest BCUT2D eigenvalue weighted by atomic mass is 10.2. The molecule has 18 heavy (non-hydrogen) atoms. The summed E-state index contributed by atoms with van der Waals surface area (Å²) >= 11 is 5.90. The molecule has 1 aliphatic rings. The van der Waals surface area contributed by atoms with E-state index in [9.17, 15) is 0 Å². The molecule has 1 saturated heterocycles. The van der Waals surface area contributed by atoms with Gasteiger partial charge in [0.2, 0.25) is 0 Å². The van der Waals surface area contributed by atoms with Crippen molar-refractivity contribution in [2.75, 3.05) is 26.3 Å². The Labute approximate surface area is 113 Å². The lowest BCUT2D eigenvalue weighted by molar-refractivity contribution is 0.0986. The van der Waals surface area contributed by atoms with Crippen LogP contribution in [0.1, 0.15) is 18.4 Å². The third kappa shape index (κ3) is 4.94. The number of benzene rings is 1. The summed E-state index contributed by atoms with van der Waals surface area (Å²) in [5.74, 6) is 0. The summed E-state index contributed by atoms with van der Waals surface area (Å²) < 4.78 is 11.1. The van der Waals surface area contributed by atoms with Gasteiger partial charge < -0.3 is 14.8 Å². The fourth-order valence-electron chi connectivity index (χ4n) is 2.03. The first-order chi connectivity index (χ1) is 8.84. The highest BCUT2D eigenvalue weighted by molar-refractivity contribution is 6.30. The molecule has 3 nitrogen and oxygen atoms in total. The highest BCUT2D eigenvalue weighted by atomic mass is 35.5. The van der Waals surface area contributed by atoms with Crippen LogP contribution in [-0.2, 0) is 16.1 Å². The van der Waals surface area contributed by atoms with E-state index in [0.717, 1.165) is 30.3 Å². The molecular formula is C14H20ClNO2. The van der Waals surface area contributed by atoms with Crippen molar-refractivity contribution in [2.24, 2.45) is 0 Å². The molecule has 1 heterocycles. The second-order valence-electron chi connectivity index (χ2n) is 4.52. The summed E-state index contributed by atoms with van der Waals surface area (Å²) in [6.45, 7) is 4.03. The van der Waals surface area contributed by atoms with Gasteiger partial charge in [0.05, 0.1) is 19.3 Å². The summed E-state index contributed by atoms with van der Waals surface area (Å²) in [4.78, 5) is 0. The predicted molar refractivity (Wildman–Crippen MR) is 73.0 cm³/mol. The lowest BCUT2D eigenvalue weighted by Gasteiger charge is -2.10. The van der Waals surface area contributed by atoms with E-state index in [2.05, 4.69) is 5.32 Å². The van der Waals surface area contributed by atoms with Gasteiger partial charge in [0, 0.05) is 24.7 Å². The number of halogens is 1. The highest BCUT2D eigenvalue weighted by Crippen LogP contribution is 2.11. The summed E-state index contributed by atoms with van der Waals surface area (Å²) in [5.41, 5.74) is 1.11. The van der Waals surface area contributed by atoms with Crippen LogP contribution in [0.5, 0.6) is 0 Å². The molecule has 0 bridgehead atoms. The molecule has 4 heteroatoms. The molecule has 1 aliphatic heterocycles. The summed E-state index contributed by atoms with van der Waals surface area (Å²) in [6.07, 6.45) is 2.77. The van der Waals surface area contributed by atoms with Gasteiger partial charge in [0.1, 0.15) is 0 Å². The zero-order valence-corrected chi connectivity index (χ0v) is 11.3. The number of rotatable bonds is 7. The van der Waals surface area contributed by atoms with Crippen molar-refractivity contribution in [2.45, 2.75) is 25.6 Å². The first kappa shape index (κ1) is 13.8. The first-order valence-electron chi connectivity index (χ1n) is 6.49. The average Bonchev–Trinajstić information content (AvgIpc) is 2.87. The minimum atomic E-state index is 0.401. The number of hydrogen-bond donors (Lipinski definition) is 1. The molecule has 0 aromatic heterocycles. The largest absolute Gasteiger partial charge is 0.377 e. The maximum absolute atomic E-state index is 5.90. The van der Waals surface area contributed by atoms with Crippen LogP contribution in [0.2, 0.25) is 5.02 Å². The van der Waals surface area contributed by atoms with E-state index in [0.29, 0.717) is 19.3 Å². The third-order valence-electron chi connectivity index (χ3n) is 2.98. The molecule has 2 rings (SSSR count). The van der Waals surface area contributed by atoms with Crippen molar-refractivity contribution in [1.29, 1.82) is 0 Å². The fourth-order valence-corrected chi connectivity index (χ4v) is 2.24. The Bertz CT molecular complexity index is 353. The molecule has 1 fully saturated rings. The van der Waals surface area contributed by atoms with E-state index >= 15 is 0 Å². The standard InChI is InChI=1S/C14H20ClNO2/c15-13-4-1-3-12(9-13)11-17-8-6-16-10-14-5-2-7-18-14/h1,3-4,9,14,16H,2,5-8,10-11H2.